The number of unbranched alkanes of at least 4 members (excludes halogenated alkanes) is 1. The molecule has 0 radical (unpaired) electrons. The number of carbonyl (C=O) groups is 1. The van der Waals surface area contributed by atoms with E-state index in [1.807, 2.05) is 6.07 Å². The lowest BCUT2D eigenvalue weighted by Crippen LogP contribution is -2.30. The van der Waals surface area contributed by atoms with Gasteiger partial charge in [0.25, 0.3) is 0 Å². The molecule has 1 amide bonds. The Morgan fingerprint density at radius 3 is 2.94 bits per heavy atom. The summed E-state index contributed by atoms with van der Waals surface area (Å²) in [5.41, 5.74) is 1.19. The predicted octanol–water partition coefficient (Wildman–Crippen LogP) is 2.65. The number of nitriles is 1. The molecule has 96 valence electrons. The maximum Gasteiger partial charge on any atom is 0.239 e. The summed E-state index contributed by atoms with van der Waals surface area (Å²) in [6.45, 7) is 2.95. The number of amides is 1. The molecule has 0 aliphatic rings. The van der Waals surface area contributed by atoms with Gasteiger partial charge in [-0.25, -0.2) is 0 Å². The first kappa shape index (κ1) is 14.5. The summed E-state index contributed by atoms with van der Waals surface area (Å²) in [5, 5.41) is 14.7. The number of hydrogen-bond donors (Lipinski definition) is 2. The molecular weight excluding hydrogens is 294 g/mol. The number of nitrogens with zero attached hydrogens (tertiary/aromatic N) is 1. The van der Waals surface area contributed by atoms with Crippen LogP contribution in [0.1, 0.15) is 25.3 Å². The molecule has 0 aliphatic carbocycles. The van der Waals surface area contributed by atoms with Crippen LogP contribution < -0.4 is 10.6 Å². The van der Waals surface area contributed by atoms with Crippen molar-refractivity contribution in [2.24, 2.45) is 0 Å². The first-order valence-electron chi connectivity index (χ1n) is 5.87. The highest BCUT2D eigenvalue weighted by Crippen LogP contribution is 2.19. The van der Waals surface area contributed by atoms with E-state index < -0.39 is 0 Å². The summed E-state index contributed by atoms with van der Waals surface area (Å²) in [7, 11) is 0. The molecule has 0 unspecified atom stereocenters. The second-order valence-electron chi connectivity index (χ2n) is 3.86. The number of benzene rings is 1. The maximum absolute atomic E-state index is 11.5. The summed E-state index contributed by atoms with van der Waals surface area (Å²) in [6, 6.07) is 7.42. The van der Waals surface area contributed by atoms with Crippen LogP contribution in [0.25, 0.3) is 0 Å². The smallest absolute Gasteiger partial charge is 0.239 e. The monoisotopic (exact) mass is 309 g/mol. The minimum absolute atomic E-state index is 0.0599. The lowest BCUT2D eigenvalue weighted by molar-refractivity contribution is -0.119. The van der Waals surface area contributed by atoms with Gasteiger partial charge in [-0.05, 0) is 24.6 Å². The lowest BCUT2D eigenvalue weighted by Gasteiger charge is -2.09. The third-order valence-corrected chi connectivity index (χ3v) is 2.89. The Morgan fingerprint density at radius 1 is 1.50 bits per heavy atom. The Kier molecular flexibility index (Phi) is 6.23. The first-order chi connectivity index (χ1) is 8.67. The van der Waals surface area contributed by atoms with Crippen molar-refractivity contribution in [1.82, 2.24) is 5.32 Å². The van der Waals surface area contributed by atoms with Crippen molar-refractivity contribution in [2.75, 3.05) is 18.4 Å². The van der Waals surface area contributed by atoms with Gasteiger partial charge >= 0.3 is 0 Å². The molecule has 0 heterocycles. The van der Waals surface area contributed by atoms with Crippen molar-refractivity contribution in [1.29, 1.82) is 5.26 Å². The van der Waals surface area contributed by atoms with Gasteiger partial charge in [0.2, 0.25) is 5.91 Å². The molecular formula is C13H16BrN3O. The molecule has 0 saturated heterocycles. The van der Waals surface area contributed by atoms with Crippen LogP contribution in [-0.4, -0.2) is 19.0 Å². The summed E-state index contributed by atoms with van der Waals surface area (Å²) in [6.07, 6.45) is 2.03. The summed E-state index contributed by atoms with van der Waals surface area (Å²) >= 11 is 3.30. The molecule has 0 bridgehead atoms. The zero-order valence-electron chi connectivity index (χ0n) is 10.3. The van der Waals surface area contributed by atoms with E-state index in [0.29, 0.717) is 17.8 Å². The fraction of sp³-hybridized carbons (Fsp3) is 0.385. The highest BCUT2D eigenvalue weighted by Gasteiger charge is 2.04. The molecule has 0 aromatic heterocycles. The highest BCUT2D eigenvalue weighted by atomic mass is 79.9. The molecule has 1 aromatic carbocycles. The number of anilines is 1. The predicted molar refractivity (Wildman–Crippen MR) is 75.3 cm³/mol. The van der Waals surface area contributed by atoms with Gasteiger partial charge in [0, 0.05) is 11.0 Å². The van der Waals surface area contributed by atoms with Crippen molar-refractivity contribution >= 4 is 27.5 Å². The second-order valence-corrected chi connectivity index (χ2v) is 4.77. The van der Waals surface area contributed by atoms with Gasteiger partial charge in [0.05, 0.1) is 17.8 Å². The van der Waals surface area contributed by atoms with Gasteiger partial charge in [0.1, 0.15) is 6.07 Å². The van der Waals surface area contributed by atoms with E-state index >= 15 is 0 Å². The fourth-order valence-electron chi connectivity index (χ4n) is 1.41. The molecule has 1 aromatic rings. The van der Waals surface area contributed by atoms with Crippen molar-refractivity contribution in [3.8, 4) is 6.07 Å². The Morgan fingerprint density at radius 2 is 2.28 bits per heavy atom. The molecule has 2 N–H and O–H groups in total. The van der Waals surface area contributed by atoms with Crippen molar-refractivity contribution in [3.05, 3.63) is 28.2 Å². The molecule has 1 rings (SSSR count). The fourth-order valence-corrected chi connectivity index (χ4v) is 1.77. The highest BCUT2D eigenvalue weighted by molar-refractivity contribution is 9.10. The molecule has 0 spiro atoms. The standard InChI is InChI=1S/C13H16BrN3O/c1-2-3-6-16-13(18)9-17-12-5-4-11(14)7-10(12)8-15/h4-5,7,17H,2-3,6,9H2,1H3,(H,16,18). The molecule has 0 aliphatic heterocycles. The first-order valence-corrected chi connectivity index (χ1v) is 6.67. The minimum atomic E-state index is -0.0599. The van der Waals surface area contributed by atoms with Crippen molar-refractivity contribution in [3.63, 3.8) is 0 Å². The van der Waals surface area contributed by atoms with E-state index in [4.69, 9.17) is 5.26 Å². The van der Waals surface area contributed by atoms with Gasteiger partial charge < -0.3 is 10.6 Å². The van der Waals surface area contributed by atoms with Crippen molar-refractivity contribution < 1.29 is 4.79 Å². The van der Waals surface area contributed by atoms with Crippen LogP contribution in [0.15, 0.2) is 22.7 Å². The number of nitrogens with one attached hydrogen (secondary N) is 2. The van der Waals surface area contributed by atoms with Gasteiger partial charge in [-0.1, -0.05) is 29.3 Å². The molecule has 18 heavy (non-hydrogen) atoms. The maximum atomic E-state index is 11.5. The van der Waals surface area contributed by atoms with Crippen LogP contribution in [0.4, 0.5) is 5.69 Å². The van der Waals surface area contributed by atoms with Gasteiger partial charge in [-0.3, -0.25) is 4.79 Å². The van der Waals surface area contributed by atoms with Crippen LogP contribution in [0.5, 0.6) is 0 Å². The Bertz CT molecular complexity index is 454. The van der Waals surface area contributed by atoms with Crippen LogP contribution in [-0.2, 0) is 4.79 Å². The average molecular weight is 310 g/mol. The van der Waals surface area contributed by atoms with E-state index in [1.165, 1.54) is 0 Å². The summed E-state index contributed by atoms with van der Waals surface area (Å²) < 4.78 is 0.844. The molecule has 0 atom stereocenters. The minimum Gasteiger partial charge on any atom is -0.375 e. The Labute approximate surface area is 116 Å². The SMILES string of the molecule is CCCCNC(=O)CNc1ccc(Br)cc1C#N. The topological polar surface area (TPSA) is 64.9 Å². The van der Waals surface area contributed by atoms with E-state index in [2.05, 4.69) is 39.6 Å². The zero-order valence-corrected chi connectivity index (χ0v) is 11.9. The van der Waals surface area contributed by atoms with E-state index in [1.54, 1.807) is 12.1 Å². The number of carbonyl (C=O) groups excluding carboxylic acids is 1. The van der Waals surface area contributed by atoms with Gasteiger partial charge in [-0.15, -0.1) is 0 Å². The number of halogens is 1. The van der Waals surface area contributed by atoms with E-state index in [-0.39, 0.29) is 12.5 Å². The summed E-state index contributed by atoms with van der Waals surface area (Å²) in [5.74, 6) is -0.0599. The van der Waals surface area contributed by atoms with Crippen LogP contribution in [0.2, 0.25) is 0 Å². The third kappa shape index (κ3) is 4.76. The molecule has 4 nitrogen and oxygen atoms in total. The zero-order chi connectivity index (χ0) is 13.4. The normalized spacial score (nSPS) is 9.61. The van der Waals surface area contributed by atoms with Crippen LogP contribution in [0, 0.1) is 11.3 Å². The summed E-state index contributed by atoms with van der Waals surface area (Å²) in [4.78, 5) is 11.5. The molecule has 5 heteroatoms. The number of rotatable bonds is 6. The Balaban J connectivity index is 2.48. The third-order valence-electron chi connectivity index (χ3n) is 2.39. The van der Waals surface area contributed by atoms with Crippen LogP contribution in [0.3, 0.4) is 0 Å². The van der Waals surface area contributed by atoms with E-state index in [0.717, 1.165) is 17.3 Å². The average Bonchev–Trinajstić information content (AvgIpc) is 2.37. The van der Waals surface area contributed by atoms with Gasteiger partial charge in [-0.2, -0.15) is 5.26 Å². The van der Waals surface area contributed by atoms with E-state index in [9.17, 15) is 4.79 Å². The van der Waals surface area contributed by atoms with Crippen LogP contribution >= 0.6 is 15.9 Å². The molecule has 0 saturated carbocycles. The number of hydrogen-bond acceptors (Lipinski definition) is 3. The Hall–Kier alpha value is -1.54. The molecule has 0 fully saturated rings. The quantitative estimate of drug-likeness (QED) is 0.794. The van der Waals surface area contributed by atoms with Gasteiger partial charge in [0.15, 0.2) is 0 Å². The largest absolute Gasteiger partial charge is 0.375 e. The van der Waals surface area contributed by atoms with Crippen molar-refractivity contribution in [2.45, 2.75) is 19.8 Å². The second kappa shape index (κ2) is 7.72. The lowest BCUT2D eigenvalue weighted by atomic mass is 10.2.